The molecule has 0 bridgehead atoms. The lowest BCUT2D eigenvalue weighted by molar-refractivity contribution is -0.121. The van der Waals surface area contributed by atoms with Crippen LogP contribution >= 0.6 is 0 Å². The summed E-state index contributed by atoms with van der Waals surface area (Å²) >= 11 is 0. The average Bonchev–Trinajstić information content (AvgIpc) is 2.94. The Morgan fingerprint density at radius 2 is 1.70 bits per heavy atom. The Morgan fingerprint density at radius 1 is 1.04 bits per heavy atom. The van der Waals surface area contributed by atoms with Crippen molar-refractivity contribution in [1.29, 1.82) is 0 Å². The van der Waals surface area contributed by atoms with Crippen molar-refractivity contribution in [2.45, 2.75) is 13.0 Å². The Balaban J connectivity index is 1.46. The molecule has 0 radical (unpaired) electrons. The van der Waals surface area contributed by atoms with Gasteiger partial charge in [0.2, 0.25) is 5.91 Å². The second-order valence-electron chi connectivity index (χ2n) is 6.11. The summed E-state index contributed by atoms with van der Waals surface area (Å²) < 4.78 is 13.9. The molecule has 0 saturated carbocycles. The molecule has 7 nitrogen and oxygen atoms in total. The van der Waals surface area contributed by atoms with E-state index in [9.17, 15) is 9.59 Å². The molecular weight excluding hydrogens is 346 g/mol. The van der Waals surface area contributed by atoms with Crippen molar-refractivity contribution in [3.8, 4) is 11.5 Å². The number of para-hydroxylation sites is 2. The molecule has 1 aromatic heterocycles. The van der Waals surface area contributed by atoms with Gasteiger partial charge in [0.1, 0.15) is 18.1 Å². The van der Waals surface area contributed by atoms with E-state index in [1.54, 1.807) is 23.3 Å². The zero-order chi connectivity index (χ0) is 19.2. The van der Waals surface area contributed by atoms with Crippen molar-refractivity contribution in [1.82, 2.24) is 14.5 Å². The maximum atomic E-state index is 12.3. The third-order valence-electron chi connectivity index (χ3n) is 4.37. The number of aryl methyl sites for hydroxylation is 2. The van der Waals surface area contributed by atoms with E-state index in [1.807, 2.05) is 48.5 Å². The molecule has 0 aliphatic rings. The van der Waals surface area contributed by atoms with Gasteiger partial charge in [-0.1, -0.05) is 12.1 Å². The molecule has 0 atom stereocenters. The average molecular weight is 369 g/mol. The van der Waals surface area contributed by atoms with Gasteiger partial charge in [-0.25, -0.2) is 4.79 Å². The minimum Gasteiger partial charge on any atom is -0.497 e. The Morgan fingerprint density at radius 3 is 2.41 bits per heavy atom. The van der Waals surface area contributed by atoms with E-state index < -0.39 is 0 Å². The van der Waals surface area contributed by atoms with Gasteiger partial charge in [-0.2, -0.15) is 0 Å². The van der Waals surface area contributed by atoms with Crippen LogP contribution in [0.1, 0.15) is 6.42 Å². The predicted molar refractivity (Wildman–Crippen MR) is 103 cm³/mol. The van der Waals surface area contributed by atoms with Gasteiger partial charge in [0.25, 0.3) is 0 Å². The Kier molecular flexibility index (Phi) is 5.80. The van der Waals surface area contributed by atoms with Gasteiger partial charge in [-0.15, -0.1) is 0 Å². The number of carbonyl (C=O) groups is 1. The molecule has 0 aliphatic carbocycles. The number of ether oxygens (including phenoxy) is 2. The van der Waals surface area contributed by atoms with Crippen LogP contribution in [-0.2, 0) is 18.4 Å². The fraction of sp³-hybridized carbons (Fsp3) is 0.300. The monoisotopic (exact) mass is 369 g/mol. The first kappa shape index (κ1) is 18.6. The maximum absolute atomic E-state index is 12.3. The quantitative estimate of drug-likeness (QED) is 0.616. The number of hydrogen-bond acceptors (Lipinski definition) is 4. The van der Waals surface area contributed by atoms with Crippen LogP contribution < -0.4 is 20.5 Å². The highest BCUT2D eigenvalue weighted by molar-refractivity contribution is 5.77. The van der Waals surface area contributed by atoms with E-state index in [0.29, 0.717) is 25.4 Å². The van der Waals surface area contributed by atoms with E-state index in [0.717, 1.165) is 16.8 Å². The van der Waals surface area contributed by atoms with Crippen LogP contribution in [0.5, 0.6) is 11.5 Å². The smallest absolute Gasteiger partial charge is 0.328 e. The largest absolute Gasteiger partial charge is 0.497 e. The van der Waals surface area contributed by atoms with Crippen molar-refractivity contribution in [3.63, 3.8) is 0 Å². The summed E-state index contributed by atoms with van der Waals surface area (Å²) in [4.78, 5) is 24.4. The maximum Gasteiger partial charge on any atom is 0.328 e. The van der Waals surface area contributed by atoms with Gasteiger partial charge in [-0.3, -0.25) is 13.9 Å². The van der Waals surface area contributed by atoms with Gasteiger partial charge < -0.3 is 14.8 Å². The minimum atomic E-state index is -0.119. The first-order valence-corrected chi connectivity index (χ1v) is 8.78. The molecule has 3 aromatic rings. The zero-order valence-corrected chi connectivity index (χ0v) is 15.5. The van der Waals surface area contributed by atoms with Crippen molar-refractivity contribution >= 4 is 16.9 Å². The molecule has 0 aliphatic heterocycles. The number of methoxy groups -OCH3 is 1. The molecule has 3 rings (SSSR count). The first-order valence-electron chi connectivity index (χ1n) is 8.78. The van der Waals surface area contributed by atoms with Gasteiger partial charge in [0.05, 0.1) is 24.7 Å². The zero-order valence-electron chi connectivity index (χ0n) is 15.5. The second kappa shape index (κ2) is 8.44. The van der Waals surface area contributed by atoms with Crippen LogP contribution in [0.3, 0.4) is 0 Å². The van der Waals surface area contributed by atoms with Crippen LogP contribution in [0, 0.1) is 0 Å². The van der Waals surface area contributed by atoms with Crippen molar-refractivity contribution in [3.05, 3.63) is 59.0 Å². The van der Waals surface area contributed by atoms with E-state index in [4.69, 9.17) is 9.47 Å². The number of nitrogens with zero attached hydrogens (tertiary/aromatic N) is 2. The standard InChI is InChI=1S/C20H23N3O4/c1-22-17-5-3-4-6-18(17)23(20(22)25)13-11-19(24)21-12-14-27-16-9-7-15(26-2)8-10-16/h3-10H,11-14H2,1-2H3,(H,21,24). The van der Waals surface area contributed by atoms with E-state index in [-0.39, 0.29) is 18.0 Å². The summed E-state index contributed by atoms with van der Waals surface area (Å²) in [6, 6.07) is 14.8. The van der Waals surface area contributed by atoms with E-state index in [2.05, 4.69) is 5.32 Å². The summed E-state index contributed by atoms with van der Waals surface area (Å²) in [5.41, 5.74) is 1.57. The van der Waals surface area contributed by atoms with Crippen molar-refractivity contribution in [2.75, 3.05) is 20.3 Å². The lowest BCUT2D eigenvalue weighted by atomic mass is 10.3. The first-order chi connectivity index (χ1) is 13.1. The summed E-state index contributed by atoms with van der Waals surface area (Å²) in [6.45, 7) is 1.10. The molecular formula is C20H23N3O4. The lowest BCUT2D eigenvalue weighted by Crippen LogP contribution is -2.30. The van der Waals surface area contributed by atoms with Gasteiger partial charge in [-0.05, 0) is 36.4 Å². The summed E-state index contributed by atoms with van der Waals surface area (Å²) in [6.07, 6.45) is 0.233. The number of benzene rings is 2. The Bertz CT molecular complexity index is 973. The van der Waals surface area contributed by atoms with Crippen LogP contribution in [0.15, 0.2) is 53.3 Å². The number of nitrogens with one attached hydrogen (secondary N) is 1. The van der Waals surface area contributed by atoms with E-state index in [1.165, 1.54) is 0 Å². The highest BCUT2D eigenvalue weighted by atomic mass is 16.5. The number of aromatic nitrogens is 2. The van der Waals surface area contributed by atoms with Gasteiger partial charge >= 0.3 is 5.69 Å². The number of imidazole rings is 1. The van der Waals surface area contributed by atoms with Crippen LogP contribution in [0.2, 0.25) is 0 Å². The number of hydrogen-bond donors (Lipinski definition) is 1. The highest BCUT2D eigenvalue weighted by Crippen LogP contribution is 2.16. The Labute approximate surface area is 157 Å². The van der Waals surface area contributed by atoms with Crippen LogP contribution in [0.25, 0.3) is 11.0 Å². The fourth-order valence-corrected chi connectivity index (χ4v) is 2.91. The third kappa shape index (κ3) is 4.31. The number of amides is 1. The molecule has 1 heterocycles. The molecule has 27 heavy (non-hydrogen) atoms. The number of fused-ring (bicyclic) bond motifs is 1. The van der Waals surface area contributed by atoms with E-state index >= 15 is 0 Å². The molecule has 0 fully saturated rings. The number of carbonyl (C=O) groups excluding carboxylic acids is 1. The highest BCUT2D eigenvalue weighted by Gasteiger charge is 2.11. The summed E-state index contributed by atoms with van der Waals surface area (Å²) in [5, 5.41) is 2.81. The lowest BCUT2D eigenvalue weighted by Gasteiger charge is -2.09. The predicted octanol–water partition coefficient (Wildman–Crippen LogP) is 1.93. The topological polar surface area (TPSA) is 74.5 Å². The molecule has 1 N–H and O–H groups in total. The molecule has 0 unspecified atom stereocenters. The van der Waals surface area contributed by atoms with Gasteiger partial charge in [0.15, 0.2) is 0 Å². The summed E-state index contributed by atoms with van der Waals surface area (Å²) in [5.74, 6) is 1.36. The summed E-state index contributed by atoms with van der Waals surface area (Å²) in [7, 11) is 3.34. The van der Waals surface area contributed by atoms with Gasteiger partial charge in [0, 0.05) is 20.0 Å². The van der Waals surface area contributed by atoms with Crippen molar-refractivity contribution < 1.29 is 14.3 Å². The molecule has 7 heteroatoms. The Hall–Kier alpha value is -3.22. The fourth-order valence-electron chi connectivity index (χ4n) is 2.91. The normalized spacial score (nSPS) is 10.7. The minimum absolute atomic E-state index is 0.117. The molecule has 0 spiro atoms. The van der Waals surface area contributed by atoms with Crippen LogP contribution in [0.4, 0.5) is 0 Å². The molecule has 1 amide bonds. The van der Waals surface area contributed by atoms with Crippen molar-refractivity contribution in [2.24, 2.45) is 7.05 Å². The SMILES string of the molecule is COc1ccc(OCCNC(=O)CCn2c(=O)n(C)c3ccccc32)cc1. The molecule has 2 aromatic carbocycles. The van der Waals surface area contributed by atoms with Crippen LogP contribution in [-0.4, -0.2) is 35.3 Å². The third-order valence-corrected chi connectivity index (χ3v) is 4.37. The number of rotatable bonds is 8. The molecule has 142 valence electrons. The second-order valence-corrected chi connectivity index (χ2v) is 6.11. The molecule has 0 saturated heterocycles.